The van der Waals surface area contributed by atoms with Crippen molar-refractivity contribution >= 4 is 28.3 Å². The fourth-order valence-corrected chi connectivity index (χ4v) is 4.54. The van der Waals surface area contributed by atoms with Crippen molar-refractivity contribution in [3.05, 3.63) is 96.3 Å². The number of aryl methyl sites for hydroxylation is 2. The molecule has 8 heteroatoms. The predicted molar refractivity (Wildman–Crippen MR) is 153 cm³/mol. The van der Waals surface area contributed by atoms with Gasteiger partial charge in [0.05, 0.1) is 22.2 Å². The van der Waals surface area contributed by atoms with Gasteiger partial charge in [0.15, 0.2) is 0 Å². The minimum atomic E-state index is -0.242. The van der Waals surface area contributed by atoms with Crippen LogP contribution in [0.4, 0.5) is 11.5 Å². The van der Waals surface area contributed by atoms with Crippen LogP contribution in [0.2, 0.25) is 0 Å². The van der Waals surface area contributed by atoms with Gasteiger partial charge in [0.2, 0.25) is 5.88 Å². The van der Waals surface area contributed by atoms with Crippen LogP contribution in [0.15, 0.2) is 85.1 Å². The Morgan fingerprint density at radius 3 is 2.41 bits per heavy atom. The van der Waals surface area contributed by atoms with Gasteiger partial charge in [-0.25, -0.2) is 9.97 Å². The van der Waals surface area contributed by atoms with E-state index in [2.05, 4.69) is 27.9 Å². The third kappa shape index (κ3) is 4.81. The standard InChI is InChI=1S/C31H26N6O2/c1-18(2)31(38)36-23-12-8-21(9-13-23)28-26(27-29(37(28)4)22(16-32)17-34-30(27)33)20-10-14-24(15-11-20)39-25-7-5-6-19(3)35-25/h5-15,17H,1H2,2-4H3,(H2,33,34)(H,36,38). The minimum Gasteiger partial charge on any atom is -0.439 e. The molecule has 0 saturated carbocycles. The normalized spacial score (nSPS) is 10.7. The molecule has 0 bridgehead atoms. The second-order valence-electron chi connectivity index (χ2n) is 9.23. The molecule has 5 aromatic rings. The Balaban J connectivity index is 1.64. The number of benzene rings is 2. The zero-order valence-corrected chi connectivity index (χ0v) is 21.8. The van der Waals surface area contributed by atoms with E-state index in [4.69, 9.17) is 10.5 Å². The number of pyridine rings is 2. The van der Waals surface area contributed by atoms with Crippen molar-refractivity contribution in [2.75, 3.05) is 11.1 Å². The quantitative estimate of drug-likeness (QED) is 0.254. The number of nitrogens with two attached hydrogens (primary N) is 1. The third-order valence-electron chi connectivity index (χ3n) is 6.39. The molecule has 0 saturated heterocycles. The number of ether oxygens (including phenoxy) is 1. The molecule has 0 spiro atoms. The van der Waals surface area contributed by atoms with Gasteiger partial charge in [-0.05, 0) is 55.3 Å². The van der Waals surface area contributed by atoms with Crippen LogP contribution >= 0.6 is 0 Å². The van der Waals surface area contributed by atoms with Crippen LogP contribution in [0.1, 0.15) is 18.2 Å². The maximum atomic E-state index is 12.1. The van der Waals surface area contributed by atoms with E-state index < -0.39 is 0 Å². The van der Waals surface area contributed by atoms with Crippen LogP contribution in [0.25, 0.3) is 33.3 Å². The molecule has 0 atom stereocenters. The summed E-state index contributed by atoms with van der Waals surface area (Å²) < 4.78 is 7.90. The highest BCUT2D eigenvalue weighted by Gasteiger charge is 2.23. The van der Waals surface area contributed by atoms with E-state index in [-0.39, 0.29) is 5.91 Å². The number of carbonyl (C=O) groups is 1. The number of nitriles is 1. The lowest BCUT2D eigenvalue weighted by molar-refractivity contribution is -0.112. The Bertz CT molecular complexity index is 1780. The first-order chi connectivity index (χ1) is 18.8. The lowest BCUT2D eigenvalue weighted by Gasteiger charge is -2.11. The van der Waals surface area contributed by atoms with Crippen molar-refractivity contribution in [3.63, 3.8) is 0 Å². The summed E-state index contributed by atoms with van der Waals surface area (Å²) in [4.78, 5) is 20.8. The molecule has 3 aromatic heterocycles. The summed E-state index contributed by atoms with van der Waals surface area (Å²) in [5.41, 5.74) is 12.9. The number of nitrogens with one attached hydrogen (secondary N) is 1. The van der Waals surface area contributed by atoms with Gasteiger partial charge in [0, 0.05) is 41.8 Å². The van der Waals surface area contributed by atoms with Gasteiger partial charge in [-0.15, -0.1) is 0 Å². The number of hydrogen-bond acceptors (Lipinski definition) is 6. The number of hydrogen-bond donors (Lipinski definition) is 2. The van der Waals surface area contributed by atoms with Crippen LogP contribution in [0, 0.1) is 18.3 Å². The first kappa shape index (κ1) is 25.2. The molecule has 0 radical (unpaired) electrons. The fourth-order valence-electron chi connectivity index (χ4n) is 4.54. The van der Waals surface area contributed by atoms with E-state index in [0.29, 0.717) is 45.2 Å². The fraction of sp³-hybridized carbons (Fsp3) is 0.0968. The van der Waals surface area contributed by atoms with Crippen molar-refractivity contribution < 1.29 is 9.53 Å². The molecule has 0 unspecified atom stereocenters. The van der Waals surface area contributed by atoms with E-state index in [1.807, 2.05) is 85.3 Å². The van der Waals surface area contributed by atoms with Gasteiger partial charge in [0.25, 0.3) is 5.91 Å². The van der Waals surface area contributed by atoms with Crippen LogP contribution in [0.3, 0.4) is 0 Å². The summed E-state index contributed by atoms with van der Waals surface area (Å²) in [5.74, 6) is 1.24. The smallest absolute Gasteiger partial charge is 0.250 e. The average Bonchev–Trinajstić information content (AvgIpc) is 3.23. The van der Waals surface area contributed by atoms with Crippen molar-refractivity contribution in [2.24, 2.45) is 7.05 Å². The second kappa shape index (κ2) is 10.1. The lowest BCUT2D eigenvalue weighted by atomic mass is 9.98. The molecular weight excluding hydrogens is 488 g/mol. The number of carbonyl (C=O) groups excluding carboxylic acids is 1. The molecule has 0 aliphatic heterocycles. The zero-order valence-electron chi connectivity index (χ0n) is 21.8. The maximum Gasteiger partial charge on any atom is 0.250 e. The number of aromatic nitrogens is 3. The number of rotatable bonds is 6. The van der Waals surface area contributed by atoms with E-state index in [9.17, 15) is 10.1 Å². The maximum absolute atomic E-state index is 12.1. The Hall–Kier alpha value is -5.42. The minimum absolute atomic E-state index is 0.242. The number of anilines is 2. The van der Waals surface area contributed by atoms with E-state index in [1.165, 1.54) is 6.20 Å². The second-order valence-corrected chi connectivity index (χ2v) is 9.23. The SMILES string of the molecule is C=C(C)C(=O)Nc1ccc(-c2c(-c3ccc(Oc4cccc(C)n4)cc3)c3c(N)ncc(C#N)c3n2C)cc1. The molecule has 0 fully saturated rings. The molecule has 0 aliphatic carbocycles. The van der Waals surface area contributed by atoms with Gasteiger partial charge < -0.3 is 20.4 Å². The van der Waals surface area contributed by atoms with Crippen LogP contribution in [-0.4, -0.2) is 20.4 Å². The number of fused-ring (bicyclic) bond motifs is 1. The molecule has 3 heterocycles. The van der Waals surface area contributed by atoms with Crippen molar-refractivity contribution in [3.8, 4) is 40.1 Å². The van der Waals surface area contributed by atoms with Crippen molar-refractivity contribution in [1.29, 1.82) is 5.26 Å². The topological polar surface area (TPSA) is 119 Å². The average molecular weight is 515 g/mol. The highest BCUT2D eigenvalue weighted by molar-refractivity contribution is 6.11. The molecule has 2 aromatic carbocycles. The molecule has 0 aliphatic rings. The third-order valence-corrected chi connectivity index (χ3v) is 6.39. The molecule has 5 rings (SSSR count). The molecular formula is C31H26N6O2. The largest absolute Gasteiger partial charge is 0.439 e. The van der Waals surface area contributed by atoms with Gasteiger partial charge in [-0.3, -0.25) is 4.79 Å². The summed E-state index contributed by atoms with van der Waals surface area (Å²) in [6, 6.07) is 23.0. The molecule has 192 valence electrons. The monoisotopic (exact) mass is 514 g/mol. The molecule has 8 nitrogen and oxygen atoms in total. The molecule has 3 N–H and O–H groups in total. The van der Waals surface area contributed by atoms with Gasteiger partial charge >= 0.3 is 0 Å². The summed E-state index contributed by atoms with van der Waals surface area (Å²) in [6.07, 6.45) is 1.49. The summed E-state index contributed by atoms with van der Waals surface area (Å²) in [5, 5.41) is 13.4. The molecule has 1 amide bonds. The first-order valence-electron chi connectivity index (χ1n) is 12.2. The lowest BCUT2D eigenvalue weighted by Crippen LogP contribution is -2.11. The van der Waals surface area contributed by atoms with E-state index in [0.717, 1.165) is 28.1 Å². The number of nitrogens with zero attached hydrogens (tertiary/aromatic N) is 4. The Kier molecular flexibility index (Phi) is 6.57. The Labute approximate surface area is 226 Å². The summed E-state index contributed by atoms with van der Waals surface area (Å²) in [6.45, 7) is 7.25. The van der Waals surface area contributed by atoms with Crippen LogP contribution in [-0.2, 0) is 11.8 Å². The number of nitrogen functional groups attached to an aromatic ring is 1. The first-order valence-corrected chi connectivity index (χ1v) is 12.2. The van der Waals surface area contributed by atoms with Gasteiger partial charge in [0.1, 0.15) is 17.6 Å². The van der Waals surface area contributed by atoms with Crippen molar-refractivity contribution in [1.82, 2.24) is 14.5 Å². The Morgan fingerprint density at radius 1 is 1.08 bits per heavy atom. The highest BCUT2D eigenvalue weighted by atomic mass is 16.5. The zero-order chi connectivity index (χ0) is 27.7. The van der Waals surface area contributed by atoms with E-state index in [1.54, 1.807) is 6.92 Å². The molecule has 39 heavy (non-hydrogen) atoms. The van der Waals surface area contributed by atoms with Gasteiger partial charge in [-0.1, -0.05) is 36.9 Å². The van der Waals surface area contributed by atoms with Crippen LogP contribution in [0.5, 0.6) is 11.6 Å². The predicted octanol–water partition coefficient (Wildman–Crippen LogP) is 6.37. The van der Waals surface area contributed by atoms with E-state index >= 15 is 0 Å². The highest BCUT2D eigenvalue weighted by Crippen LogP contribution is 2.43. The van der Waals surface area contributed by atoms with Crippen LogP contribution < -0.4 is 15.8 Å². The summed E-state index contributed by atoms with van der Waals surface area (Å²) >= 11 is 0. The van der Waals surface area contributed by atoms with Gasteiger partial charge in [-0.2, -0.15) is 5.26 Å². The number of amides is 1. The Morgan fingerprint density at radius 2 is 1.77 bits per heavy atom. The summed E-state index contributed by atoms with van der Waals surface area (Å²) in [7, 11) is 1.90. The van der Waals surface area contributed by atoms with Crippen molar-refractivity contribution in [2.45, 2.75) is 13.8 Å².